The summed E-state index contributed by atoms with van der Waals surface area (Å²) in [5, 5.41) is 0. The highest BCUT2D eigenvalue weighted by Gasteiger charge is 2.10. The van der Waals surface area contributed by atoms with Crippen LogP contribution in [0.25, 0.3) is 0 Å². The fourth-order valence-corrected chi connectivity index (χ4v) is 2.13. The largest absolute Gasteiger partial charge is 0.494 e. The molecule has 1 aromatic carbocycles. The molecule has 1 nitrogen and oxygen atoms in total. The second-order valence-electron chi connectivity index (χ2n) is 4.50. The van der Waals surface area contributed by atoms with Crippen molar-refractivity contribution in [2.45, 2.75) is 46.0 Å². The number of aryl methyl sites for hydroxylation is 1. The molecule has 0 N–H and O–H groups in total. The zero-order valence-electron chi connectivity index (χ0n) is 11.3. The first-order chi connectivity index (χ1) is 8.22. The summed E-state index contributed by atoms with van der Waals surface area (Å²) >= 11 is 0. The summed E-state index contributed by atoms with van der Waals surface area (Å²) in [4.78, 5) is 0. The Kier molecular flexibility index (Phi) is 5.82. The molecule has 0 aromatic heterocycles. The highest BCUT2D eigenvalue weighted by Crippen LogP contribution is 2.29. The van der Waals surface area contributed by atoms with E-state index in [9.17, 15) is 0 Å². The summed E-state index contributed by atoms with van der Waals surface area (Å²) in [6.45, 7) is 11.2. The summed E-state index contributed by atoms with van der Waals surface area (Å²) in [6, 6.07) is 6.44. The SMILES string of the molecule is C=CCC(CC)c1ccc(OCCC)cc1C. The van der Waals surface area contributed by atoms with Gasteiger partial charge in [0.15, 0.2) is 0 Å². The first-order valence-electron chi connectivity index (χ1n) is 6.57. The minimum atomic E-state index is 0.590. The van der Waals surface area contributed by atoms with Crippen LogP contribution in [0.1, 0.15) is 50.2 Å². The molecule has 1 rings (SSSR count). The van der Waals surface area contributed by atoms with Gasteiger partial charge in [-0.15, -0.1) is 6.58 Å². The standard InChI is InChI=1S/C16H24O/c1-5-8-14(7-3)16-10-9-15(12-13(16)4)17-11-6-2/h5,9-10,12,14H,1,6-8,11H2,2-4H3. The molecular weight excluding hydrogens is 208 g/mol. The predicted octanol–water partition coefficient (Wildman–Crippen LogP) is 4.85. The molecule has 0 aliphatic rings. The highest BCUT2D eigenvalue weighted by atomic mass is 16.5. The molecule has 0 aliphatic carbocycles. The lowest BCUT2D eigenvalue weighted by Crippen LogP contribution is -2.01. The van der Waals surface area contributed by atoms with Gasteiger partial charge >= 0.3 is 0 Å². The third kappa shape index (κ3) is 3.92. The molecule has 0 radical (unpaired) electrons. The van der Waals surface area contributed by atoms with Crippen molar-refractivity contribution in [3.8, 4) is 5.75 Å². The zero-order valence-corrected chi connectivity index (χ0v) is 11.3. The van der Waals surface area contributed by atoms with Crippen molar-refractivity contribution in [1.82, 2.24) is 0 Å². The predicted molar refractivity (Wildman–Crippen MR) is 74.8 cm³/mol. The Morgan fingerprint density at radius 3 is 2.65 bits per heavy atom. The topological polar surface area (TPSA) is 9.23 Å². The number of benzene rings is 1. The van der Waals surface area contributed by atoms with Crippen LogP contribution in [0.2, 0.25) is 0 Å². The Morgan fingerprint density at radius 1 is 1.35 bits per heavy atom. The van der Waals surface area contributed by atoms with Gasteiger partial charge in [0.05, 0.1) is 6.61 Å². The first kappa shape index (κ1) is 13.8. The molecule has 0 fully saturated rings. The Bertz CT molecular complexity index is 355. The average Bonchev–Trinajstić information content (AvgIpc) is 2.34. The van der Waals surface area contributed by atoms with Gasteiger partial charge in [0, 0.05) is 0 Å². The molecule has 1 atom stereocenters. The minimum absolute atomic E-state index is 0.590. The van der Waals surface area contributed by atoms with Crippen LogP contribution in [-0.4, -0.2) is 6.61 Å². The van der Waals surface area contributed by atoms with E-state index < -0.39 is 0 Å². The van der Waals surface area contributed by atoms with Gasteiger partial charge in [0.1, 0.15) is 5.75 Å². The minimum Gasteiger partial charge on any atom is -0.494 e. The van der Waals surface area contributed by atoms with Gasteiger partial charge < -0.3 is 4.74 Å². The zero-order chi connectivity index (χ0) is 12.7. The average molecular weight is 232 g/mol. The number of hydrogen-bond donors (Lipinski definition) is 0. The fourth-order valence-electron chi connectivity index (χ4n) is 2.13. The number of hydrogen-bond acceptors (Lipinski definition) is 1. The van der Waals surface area contributed by atoms with Gasteiger partial charge in [-0.25, -0.2) is 0 Å². The van der Waals surface area contributed by atoms with Gasteiger partial charge in [0.2, 0.25) is 0 Å². The van der Waals surface area contributed by atoms with E-state index in [0.29, 0.717) is 5.92 Å². The van der Waals surface area contributed by atoms with Crippen LogP contribution in [0.15, 0.2) is 30.9 Å². The lowest BCUT2D eigenvalue weighted by atomic mass is 9.90. The van der Waals surface area contributed by atoms with Crippen LogP contribution < -0.4 is 4.74 Å². The van der Waals surface area contributed by atoms with Crippen molar-refractivity contribution in [2.24, 2.45) is 0 Å². The van der Waals surface area contributed by atoms with Gasteiger partial charge in [0.25, 0.3) is 0 Å². The van der Waals surface area contributed by atoms with E-state index in [0.717, 1.165) is 31.6 Å². The van der Waals surface area contributed by atoms with Crippen LogP contribution >= 0.6 is 0 Å². The lowest BCUT2D eigenvalue weighted by Gasteiger charge is -2.17. The summed E-state index contributed by atoms with van der Waals surface area (Å²) in [5.74, 6) is 1.58. The summed E-state index contributed by atoms with van der Waals surface area (Å²) < 4.78 is 5.64. The van der Waals surface area contributed by atoms with Crippen molar-refractivity contribution < 1.29 is 4.74 Å². The summed E-state index contributed by atoms with van der Waals surface area (Å²) in [5.41, 5.74) is 2.75. The fraction of sp³-hybridized carbons (Fsp3) is 0.500. The van der Waals surface area contributed by atoms with Crippen molar-refractivity contribution in [3.63, 3.8) is 0 Å². The first-order valence-corrected chi connectivity index (χ1v) is 6.57. The molecule has 0 saturated heterocycles. The molecule has 17 heavy (non-hydrogen) atoms. The number of rotatable bonds is 7. The maximum absolute atomic E-state index is 5.64. The Balaban J connectivity index is 2.83. The molecule has 0 bridgehead atoms. The van der Waals surface area contributed by atoms with E-state index in [-0.39, 0.29) is 0 Å². The molecule has 94 valence electrons. The van der Waals surface area contributed by atoms with E-state index in [1.54, 1.807) is 0 Å². The molecule has 0 amide bonds. The molecule has 0 saturated carbocycles. The molecule has 1 unspecified atom stereocenters. The van der Waals surface area contributed by atoms with E-state index >= 15 is 0 Å². The van der Waals surface area contributed by atoms with E-state index in [1.165, 1.54) is 11.1 Å². The third-order valence-electron chi connectivity index (χ3n) is 3.10. The number of allylic oxidation sites excluding steroid dienone is 1. The number of ether oxygens (including phenoxy) is 1. The normalized spacial score (nSPS) is 12.2. The van der Waals surface area contributed by atoms with Gasteiger partial charge in [-0.1, -0.05) is 26.0 Å². The van der Waals surface area contributed by atoms with Crippen molar-refractivity contribution in [3.05, 3.63) is 42.0 Å². The second kappa shape index (κ2) is 7.16. The maximum atomic E-state index is 5.64. The van der Waals surface area contributed by atoms with E-state index in [1.807, 2.05) is 6.08 Å². The van der Waals surface area contributed by atoms with Crippen molar-refractivity contribution >= 4 is 0 Å². The molecule has 0 heterocycles. The lowest BCUT2D eigenvalue weighted by molar-refractivity contribution is 0.317. The Morgan fingerprint density at radius 2 is 2.12 bits per heavy atom. The highest BCUT2D eigenvalue weighted by molar-refractivity contribution is 5.37. The summed E-state index contributed by atoms with van der Waals surface area (Å²) in [6.07, 6.45) is 5.26. The Hall–Kier alpha value is -1.24. The second-order valence-corrected chi connectivity index (χ2v) is 4.50. The van der Waals surface area contributed by atoms with Crippen LogP contribution in [-0.2, 0) is 0 Å². The van der Waals surface area contributed by atoms with Gasteiger partial charge in [-0.3, -0.25) is 0 Å². The molecule has 1 heteroatoms. The smallest absolute Gasteiger partial charge is 0.119 e. The van der Waals surface area contributed by atoms with Crippen LogP contribution in [0.3, 0.4) is 0 Å². The molecule has 0 aliphatic heterocycles. The monoisotopic (exact) mass is 232 g/mol. The summed E-state index contributed by atoms with van der Waals surface area (Å²) in [7, 11) is 0. The quantitative estimate of drug-likeness (QED) is 0.610. The molecular formula is C16H24O. The van der Waals surface area contributed by atoms with Crippen molar-refractivity contribution in [2.75, 3.05) is 6.61 Å². The van der Waals surface area contributed by atoms with E-state index in [2.05, 4.69) is 45.5 Å². The molecule has 0 spiro atoms. The van der Waals surface area contributed by atoms with Crippen molar-refractivity contribution in [1.29, 1.82) is 0 Å². The Labute approximate surface area is 106 Å². The molecule has 1 aromatic rings. The van der Waals surface area contributed by atoms with Crippen LogP contribution in [0.4, 0.5) is 0 Å². The maximum Gasteiger partial charge on any atom is 0.119 e. The van der Waals surface area contributed by atoms with Crippen LogP contribution in [0.5, 0.6) is 5.75 Å². The van der Waals surface area contributed by atoms with Gasteiger partial charge in [-0.2, -0.15) is 0 Å². The van der Waals surface area contributed by atoms with Crippen LogP contribution in [0, 0.1) is 6.92 Å². The van der Waals surface area contributed by atoms with Gasteiger partial charge in [-0.05, 0) is 55.4 Å². The van der Waals surface area contributed by atoms with E-state index in [4.69, 9.17) is 4.74 Å². The third-order valence-corrected chi connectivity index (χ3v) is 3.10.